The van der Waals surface area contributed by atoms with Crippen LogP contribution >= 0.6 is 0 Å². The van der Waals surface area contributed by atoms with Crippen LogP contribution in [0.3, 0.4) is 0 Å². The van der Waals surface area contributed by atoms with E-state index in [9.17, 15) is 15.3 Å². The summed E-state index contributed by atoms with van der Waals surface area (Å²) in [6.45, 7) is 3.91. The highest BCUT2D eigenvalue weighted by Gasteiger charge is 2.26. The molecule has 0 saturated carbocycles. The molecule has 0 aliphatic heterocycles. The normalized spacial score (nSPS) is 13.2. The molecule has 0 radical (unpaired) electrons. The lowest BCUT2D eigenvalue weighted by Crippen LogP contribution is -2.54. The highest BCUT2D eigenvalue weighted by Crippen LogP contribution is 2.13. The van der Waals surface area contributed by atoms with Crippen LogP contribution in [0.25, 0.3) is 0 Å². The fraction of sp³-hybridized carbons (Fsp3) is 0.600. The maximum atomic E-state index is 9.88. The molecule has 0 saturated heterocycles. The van der Waals surface area contributed by atoms with Gasteiger partial charge in [0.05, 0.1) is 18.8 Å². The van der Waals surface area contributed by atoms with Gasteiger partial charge in [0.1, 0.15) is 18.5 Å². The van der Waals surface area contributed by atoms with E-state index in [2.05, 4.69) is 5.32 Å². The summed E-state index contributed by atoms with van der Waals surface area (Å²) in [6, 6.07) is 7.61. The number of hydrogen-bond acceptors (Lipinski definition) is 5. The summed E-state index contributed by atoms with van der Waals surface area (Å²) in [4.78, 5) is 0. The van der Waals surface area contributed by atoms with Crippen LogP contribution in [0.5, 0.6) is 5.75 Å². The van der Waals surface area contributed by atoms with Gasteiger partial charge in [0.15, 0.2) is 0 Å². The molecule has 4 N–H and O–H groups in total. The molecule has 0 aliphatic rings. The monoisotopic (exact) mass is 283 g/mol. The number of β-amino-alcohol motifs (C(OH)–C–C–N with tert-alkyl or cyclic N) is 1. The SMILES string of the molecule is CCC(CO)(CO)NCC(O)COc1cccc(C)c1. The summed E-state index contributed by atoms with van der Waals surface area (Å²) in [7, 11) is 0. The number of aliphatic hydroxyl groups excluding tert-OH is 3. The molecule has 0 amide bonds. The van der Waals surface area contributed by atoms with Crippen molar-refractivity contribution in [3.05, 3.63) is 29.8 Å². The van der Waals surface area contributed by atoms with E-state index < -0.39 is 11.6 Å². The first-order valence-electron chi connectivity index (χ1n) is 6.89. The molecule has 1 unspecified atom stereocenters. The molecule has 0 heterocycles. The van der Waals surface area contributed by atoms with E-state index in [1.54, 1.807) is 0 Å². The first-order valence-corrected chi connectivity index (χ1v) is 6.89. The molecular formula is C15H25NO4. The molecule has 0 aliphatic carbocycles. The zero-order chi connectivity index (χ0) is 15.0. The van der Waals surface area contributed by atoms with Crippen LogP contribution < -0.4 is 10.1 Å². The summed E-state index contributed by atoms with van der Waals surface area (Å²) in [5, 5.41) is 31.5. The third-order valence-electron chi connectivity index (χ3n) is 3.43. The fourth-order valence-corrected chi connectivity index (χ4v) is 1.80. The lowest BCUT2D eigenvalue weighted by Gasteiger charge is -2.30. The van der Waals surface area contributed by atoms with Crippen molar-refractivity contribution < 1.29 is 20.1 Å². The largest absolute Gasteiger partial charge is 0.491 e. The number of benzene rings is 1. The molecule has 1 aromatic rings. The molecule has 114 valence electrons. The number of nitrogens with one attached hydrogen (secondary N) is 1. The minimum absolute atomic E-state index is 0.160. The van der Waals surface area contributed by atoms with E-state index >= 15 is 0 Å². The van der Waals surface area contributed by atoms with Gasteiger partial charge in [-0.25, -0.2) is 0 Å². The van der Waals surface area contributed by atoms with Gasteiger partial charge in [-0.2, -0.15) is 0 Å². The molecule has 1 rings (SSSR count). The minimum Gasteiger partial charge on any atom is -0.491 e. The molecule has 0 fully saturated rings. The van der Waals surface area contributed by atoms with Crippen molar-refractivity contribution in [2.75, 3.05) is 26.4 Å². The zero-order valence-electron chi connectivity index (χ0n) is 12.2. The third kappa shape index (κ3) is 5.09. The van der Waals surface area contributed by atoms with E-state index in [4.69, 9.17) is 4.74 Å². The lowest BCUT2D eigenvalue weighted by molar-refractivity contribution is 0.0568. The van der Waals surface area contributed by atoms with E-state index in [-0.39, 0.29) is 26.4 Å². The van der Waals surface area contributed by atoms with Gasteiger partial charge in [0, 0.05) is 6.54 Å². The average Bonchev–Trinajstić information content (AvgIpc) is 2.47. The lowest BCUT2D eigenvalue weighted by atomic mass is 9.98. The van der Waals surface area contributed by atoms with Crippen molar-refractivity contribution in [1.82, 2.24) is 5.32 Å². The van der Waals surface area contributed by atoms with Crippen molar-refractivity contribution in [1.29, 1.82) is 0 Å². The smallest absolute Gasteiger partial charge is 0.119 e. The topological polar surface area (TPSA) is 82.0 Å². The Kier molecular flexibility index (Phi) is 6.95. The van der Waals surface area contributed by atoms with Crippen LogP contribution in [0.15, 0.2) is 24.3 Å². The molecule has 20 heavy (non-hydrogen) atoms. The van der Waals surface area contributed by atoms with Crippen LogP contribution in [-0.4, -0.2) is 53.3 Å². The van der Waals surface area contributed by atoms with Gasteiger partial charge in [-0.05, 0) is 31.0 Å². The second-order valence-electron chi connectivity index (χ2n) is 5.11. The average molecular weight is 283 g/mol. The Morgan fingerprint density at radius 1 is 1.30 bits per heavy atom. The minimum atomic E-state index is -0.746. The summed E-state index contributed by atoms with van der Waals surface area (Å²) >= 11 is 0. The van der Waals surface area contributed by atoms with E-state index in [1.165, 1.54) is 0 Å². The van der Waals surface area contributed by atoms with Crippen LogP contribution in [0.4, 0.5) is 0 Å². The van der Waals surface area contributed by atoms with Crippen molar-refractivity contribution in [2.24, 2.45) is 0 Å². The first-order chi connectivity index (χ1) is 9.55. The quantitative estimate of drug-likeness (QED) is 0.529. The second kappa shape index (κ2) is 8.21. The van der Waals surface area contributed by atoms with E-state index in [1.807, 2.05) is 38.1 Å². The Bertz CT molecular complexity index is 385. The summed E-state index contributed by atoms with van der Waals surface area (Å²) < 4.78 is 5.50. The van der Waals surface area contributed by atoms with E-state index in [0.717, 1.165) is 11.3 Å². The third-order valence-corrected chi connectivity index (χ3v) is 3.43. The first kappa shape index (κ1) is 16.9. The van der Waals surface area contributed by atoms with Gasteiger partial charge in [-0.15, -0.1) is 0 Å². The molecule has 0 bridgehead atoms. The van der Waals surface area contributed by atoms with Gasteiger partial charge >= 0.3 is 0 Å². The van der Waals surface area contributed by atoms with Crippen LogP contribution in [0.1, 0.15) is 18.9 Å². The predicted molar refractivity (Wildman–Crippen MR) is 77.9 cm³/mol. The van der Waals surface area contributed by atoms with Gasteiger partial charge < -0.3 is 25.4 Å². The van der Waals surface area contributed by atoms with Crippen molar-refractivity contribution >= 4 is 0 Å². The van der Waals surface area contributed by atoms with Crippen LogP contribution in [0, 0.1) is 6.92 Å². The molecule has 0 spiro atoms. The van der Waals surface area contributed by atoms with Crippen molar-refractivity contribution in [3.8, 4) is 5.75 Å². The summed E-state index contributed by atoms with van der Waals surface area (Å²) in [5.74, 6) is 0.718. The number of aliphatic hydroxyl groups is 3. The van der Waals surface area contributed by atoms with Crippen LogP contribution in [-0.2, 0) is 0 Å². The number of rotatable bonds is 9. The van der Waals surface area contributed by atoms with Crippen molar-refractivity contribution in [3.63, 3.8) is 0 Å². The Balaban J connectivity index is 2.38. The Labute approximate surface area is 120 Å². The van der Waals surface area contributed by atoms with Crippen LogP contribution in [0.2, 0.25) is 0 Å². The zero-order valence-corrected chi connectivity index (χ0v) is 12.2. The highest BCUT2D eigenvalue weighted by molar-refractivity contribution is 5.27. The summed E-state index contributed by atoms with van der Waals surface area (Å²) in [6.07, 6.45) is -0.134. The fourth-order valence-electron chi connectivity index (χ4n) is 1.80. The van der Waals surface area contributed by atoms with Gasteiger partial charge in [-0.1, -0.05) is 19.1 Å². The Hall–Kier alpha value is -1.14. The van der Waals surface area contributed by atoms with Gasteiger partial charge in [0.2, 0.25) is 0 Å². The molecule has 1 atom stereocenters. The predicted octanol–water partition coefficient (Wildman–Crippen LogP) is 0.458. The van der Waals surface area contributed by atoms with E-state index in [0.29, 0.717) is 6.42 Å². The van der Waals surface area contributed by atoms with Gasteiger partial charge in [-0.3, -0.25) is 0 Å². The van der Waals surface area contributed by atoms with Crippen molar-refractivity contribution in [2.45, 2.75) is 31.9 Å². The summed E-state index contributed by atoms with van der Waals surface area (Å²) in [5.41, 5.74) is 0.352. The molecule has 5 heteroatoms. The maximum absolute atomic E-state index is 9.88. The maximum Gasteiger partial charge on any atom is 0.119 e. The Morgan fingerprint density at radius 2 is 2.00 bits per heavy atom. The highest BCUT2D eigenvalue weighted by atomic mass is 16.5. The Morgan fingerprint density at radius 3 is 2.55 bits per heavy atom. The molecule has 0 aromatic heterocycles. The second-order valence-corrected chi connectivity index (χ2v) is 5.11. The molecular weight excluding hydrogens is 258 g/mol. The number of hydrogen-bond donors (Lipinski definition) is 4. The standard InChI is InChI=1S/C15H25NO4/c1-3-15(10-17,11-18)16-8-13(19)9-20-14-6-4-5-12(2)7-14/h4-7,13,16-19H,3,8-11H2,1-2H3. The number of ether oxygens (including phenoxy) is 1. The van der Waals surface area contributed by atoms with Gasteiger partial charge in [0.25, 0.3) is 0 Å². The molecule has 5 nitrogen and oxygen atoms in total. The number of aryl methyl sites for hydroxylation is 1. The molecule has 1 aromatic carbocycles.